The summed E-state index contributed by atoms with van der Waals surface area (Å²) in [5, 5.41) is 3.24. The Kier molecular flexibility index (Phi) is 1.70. The van der Waals surface area contributed by atoms with Crippen molar-refractivity contribution in [3.8, 4) is 0 Å². The van der Waals surface area contributed by atoms with Crippen molar-refractivity contribution in [1.29, 1.82) is 0 Å². The number of nitrogens with one attached hydrogen (secondary N) is 1. The molecule has 0 radical (unpaired) electrons. The first kappa shape index (κ1) is 6.92. The van der Waals surface area contributed by atoms with Crippen molar-refractivity contribution < 1.29 is 0 Å². The van der Waals surface area contributed by atoms with Gasteiger partial charge in [0.15, 0.2) is 0 Å². The van der Waals surface area contributed by atoms with Gasteiger partial charge in [-0.25, -0.2) is 0 Å². The fraction of sp³-hybridized carbons (Fsp3) is 0.222. The molecule has 0 unspecified atom stereocenters. The van der Waals surface area contributed by atoms with E-state index >= 15 is 0 Å². The lowest BCUT2D eigenvalue weighted by atomic mass is 10.1. The van der Waals surface area contributed by atoms with E-state index < -0.39 is 0 Å². The fourth-order valence-corrected chi connectivity index (χ4v) is 1.97. The highest BCUT2D eigenvalue weighted by Gasteiger charge is 2.02. The van der Waals surface area contributed by atoms with Gasteiger partial charge in [0.2, 0.25) is 0 Å². The summed E-state index contributed by atoms with van der Waals surface area (Å²) in [5.41, 5.74) is 4.76. The number of benzene rings is 1. The Bertz CT molecular complexity index is 304. The summed E-state index contributed by atoms with van der Waals surface area (Å²) in [6, 6.07) is 6.63. The predicted octanol–water partition coefficient (Wildman–Crippen LogP) is 2.26. The first-order valence-corrected chi connectivity index (χ1v) is 4.78. The first-order chi connectivity index (χ1) is 5.40. The zero-order valence-corrected chi connectivity index (χ0v) is 7.36. The summed E-state index contributed by atoms with van der Waals surface area (Å²) >= 11 is 1.30. The monoisotopic (exact) mass is 165 g/mol. The molecule has 0 aliphatic carbocycles. The molecule has 0 atom stereocenters. The van der Waals surface area contributed by atoms with Crippen LogP contribution < -0.4 is 5.32 Å². The molecule has 1 aromatic carbocycles. The van der Waals surface area contributed by atoms with Gasteiger partial charge in [0.25, 0.3) is 0 Å². The number of hydrogen-bond donors (Lipinski definition) is 2. The Balaban J connectivity index is 2.45. The van der Waals surface area contributed by atoms with E-state index in [2.05, 4.69) is 35.9 Å². The Hall–Kier alpha value is -0.760. The standard InChI is InChI=1S/C9H11NS/c1-2-7-3-4-9-8(5-7)10-6-11-9/h3-6,10-11H,2H2,1H3. The van der Waals surface area contributed by atoms with E-state index in [0.717, 1.165) is 6.42 Å². The van der Waals surface area contributed by atoms with Crippen LogP contribution in [0.1, 0.15) is 12.5 Å². The lowest BCUT2D eigenvalue weighted by molar-refractivity contribution is 1.13. The van der Waals surface area contributed by atoms with Crippen molar-refractivity contribution in [3.05, 3.63) is 23.8 Å². The van der Waals surface area contributed by atoms with Crippen LogP contribution in [0.4, 0.5) is 5.69 Å². The third-order valence-electron chi connectivity index (χ3n) is 1.89. The van der Waals surface area contributed by atoms with Crippen LogP contribution >= 0.6 is 11.4 Å². The normalized spacial score (nSPS) is 13.5. The van der Waals surface area contributed by atoms with Crippen LogP contribution in [0, 0.1) is 0 Å². The van der Waals surface area contributed by atoms with Crippen molar-refractivity contribution in [3.63, 3.8) is 0 Å². The van der Waals surface area contributed by atoms with Crippen LogP contribution in [0.15, 0.2) is 23.1 Å². The van der Waals surface area contributed by atoms with Gasteiger partial charge in [0.1, 0.15) is 0 Å². The van der Waals surface area contributed by atoms with Crippen molar-refractivity contribution in [2.75, 3.05) is 5.32 Å². The molecule has 0 bridgehead atoms. The molecule has 1 heterocycles. The van der Waals surface area contributed by atoms with Gasteiger partial charge in [0.05, 0.1) is 5.69 Å². The summed E-state index contributed by atoms with van der Waals surface area (Å²) in [6.07, 6.45) is 1.12. The van der Waals surface area contributed by atoms with Crippen molar-refractivity contribution in [2.24, 2.45) is 0 Å². The molecule has 1 N–H and O–H groups in total. The van der Waals surface area contributed by atoms with Gasteiger partial charge in [0, 0.05) is 10.4 Å². The average Bonchev–Trinajstić information content (AvgIpc) is 2.50. The maximum Gasteiger partial charge on any atom is 0.0517 e. The second-order valence-corrected chi connectivity index (χ2v) is 3.61. The minimum atomic E-state index is 1.12. The van der Waals surface area contributed by atoms with Gasteiger partial charge in [-0.3, -0.25) is 0 Å². The van der Waals surface area contributed by atoms with Gasteiger partial charge in [-0.15, -0.1) is 0 Å². The van der Waals surface area contributed by atoms with Gasteiger partial charge >= 0.3 is 0 Å². The highest BCUT2D eigenvalue weighted by atomic mass is 32.1. The Morgan fingerprint density at radius 1 is 1.45 bits per heavy atom. The quantitative estimate of drug-likeness (QED) is 0.480. The number of aryl methyl sites for hydroxylation is 1. The van der Waals surface area contributed by atoms with Crippen LogP contribution in [-0.4, -0.2) is 5.49 Å². The second-order valence-electron chi connectivity index (χ2n) is 2.61. The number of rotatable bonds is 1. The molecule has 0 saturated heterocycles. The smallest absolute Gasteiger partial charge is 0.0517 e. The largest absolute Gasteiger partial charge is 0.356 e. The zero-order valence-electron chi connectivity index (χ0n) is 6.46. The minimum absolute atomic E-state index is 1.12. The van der Waals surface area contributed by atoms with E-state index in [1.807, 2.05) is 0 Å². The molecule has 1 nitrogen and oxygen atoms in total. The molecule has 1 aromatic rings. The molecule has 2 heteroatoms. The zero-order chi connectivity index (χ0) is 7.68. The van der Waals surface area contributed by atoms with E-state index in [-0.39, 0.29) is 0 Å². The predicted molar refractivity (Wildman–Crippen MR) is 52.8 cm³/mol. The second kappa shape index (κ2) is 2.70. The molecule has 0 saturated carbocycles. The Morgan fingerprint density at radius 2 is 2.36 bits per heavy atom. The minimum Gasteiger partial charge on any atom is -0.356 e. The maximum atomic E-state index is 3.24. The maximum absolute atomic E-state index is 3.24. The molecule has 11 heavy (non-hydrogen) atoms. The summed E-state index contributed by atoms with van der Waals surface area (Å²) in [5.74, 6) is 0. The molecule has 58 valence electrons. The Morgan fingerprint density at radius 3 is 3.18 bits per heavy atom. The summed E-state index contributed by atoms with van der Waals surface area (Å²) in [6.45, 7) is 2.18. The van der Waals surface area contributed by atoms with Gasteiger partial charge < -0.3 is 5.32 Å². The Labute approximate surface area is 70.4 Å². The lowest BCUT2D eigenvalue weighted by Gasteiger charge is -2.01. The first-order valence-electron chi connectivity index (χ1n) is 3.82. The molecular weight excluding hydrogens is 154 g/mol. The molecule has 0 fully saturated rings. The van der Waals surface area contributed by atoms with Crippen LogP contribution in [-0.2, 0) is 6.42 Å². The van der Waals surface area contributed by atoms with E-state index in [0.29, 0.717) is 0 Å². The number of hydrogen-bond acceptors (Lipinski definition) is 1. The molecule has 0 aromatic heterocycles. The SMILES string of the molecule is CCc1ccc2c(c1)NC=[SH]2. The molecular formula is C9H11NS. The molecule has 1 aliphatic heterocycles. The summed E-state index contributed by atoms with van der Waals surface area (Å²) < 4.78 is 0. The van der Waals surface area contributed by atoms with E-state index in [9.17, 15) is 0 Å². The van der Waals surface area contributed by atoms with E-state index in [1.54, 1.807) is 0 Å². The van der Waals surface area contributed by atoms with Gasteiger partial charge in [-0.05, 0) is 24.1 Å². The van der Waals surface area contributed by atoms with Crippen molar-refractivity contribution in [2.45, 2.75) is 18.2 Å². The molecule has 0 amide bonds. The van der Waals surface area contributed by atoms with E-state index in [1.165, 1.54) is 27.5 Å². The highest BCUT2D eigenvalue weighted by molar-refractivity contribution is 7.98. The van der Waals surface area contributed by atoms with Crippen molar-refractivity contribution in [1.82, 2.24) is 0 Å². The fourth-order valence-electron chi connectivity index (χ4n) is 1.20. The number of anilines is 1. The third kappa shape index (κ3) is 1.18. The van der Waals surface area contributed by atoms with E-state index in [4.69, 9.17) is 0 Å². The number of thiol groups is 1. The lowest BCUT2D eigenvalue weighted by Crippen LogP contribution is -1.89. The van der Waals surface area contributed by atoms with Crippen molar-refractivity contribution >= 4 is 22.5 Å². The van der Waals surface area contributed by atoms with Crippen LogP contribution in [0.25, 0.3) is 0 Å². The molecule has 1 aliphatic rings. The summed E-state index contributed by atoms with van der Waals surface area (Å²) in [7, 11) is 0. The van der Waals surface area contributed by atoms with Crippen LogP contribution in [0.2, 0.25) is 0 Å². The number of fused-ring (bicyclic) bond motifs is 1. The molecule has 0 spiro atoms. The topological polar surface area (TPSA) is 12.0 Å². The van der Waals surface area contributed by atoms with Gasteiger partial charge in [-0.1, -0.05) is 13.0 Å². The van der Waals surface area contributed by atoms with Crippen LogP contribution in [0.5, 0.6) is 0 Å². The van der Waals surface area contributed by atoms with Crippen LogP contribution in [0.3, 0.4) is 0 Å². The average molecular weight is 165 g/mol. The summed E-state index contributed by atoms with van der Waals surface area (Å²) in [4.78, 5) is 1.39. The molecule has 2 rings (SSSR count). The van der Waals surface area contributed by atoms with Gasteiger partial charge in [-0.2, -0.15) is 11.4 Å². The highest BCUT2D eigenvalue weighted by Crippen LogP contribution is 2.27. The third-order valence-corrected chi connectivity index (χ3v) is 2.82.